The monoisotopic (exact) mass is 271 g/mol. The molecule has 0 fully saturated rings. The van der Waals surface area contributed by atoms with E-state index in [1.807, 2.05) is 0 Å². The first-order valence-corrected chi connectivity index (χ1v) is 7.79. The fourth-order valence-electron chi connectivity index (χ4n) is 1.46. The van der Waals surface area contributed by atoms with Gasteiger partial charge in [-0.05, 0) is 31.5 Å². The van der Waals surface area contributed by atoms with Crippen LogP contribution in [-0.2, 0) is 10.0 Å². The summed E-state index contributed by atoms with van der Waals surface area (Å²) in [6.45, 7) is 4.99. The SMILES string of the molecule is CC(C)NCCCCS(=O)(=O)Nc1cccnc1. The second-order valence-electron chi connectivity index (χ2n) is 4.48. The van der Waals surface area contributed by atoms with Crippen molar-refractivity contribution in [1.82, 2.24) is 10.3 Å². The molecule has 1 aromatic rings. The van der Waals surface area contributed by atoms with Crippen molar-refractivity contribution in [2.24, 2.45) is 0 Å². The zero-order valence-corrected chi connectivity index (χ0v) is 11.7. The van der Waals surface area contributed by atoms with E-state index >= 15 is 0 Å². The van der Waals surface area contributed by atoms with Gasteiger partial charge in [0, 0.05) is 12.2 Å². The van der Waals surface area contributed by atoms with E-state index in [2.05, 4.69) is 28.9 Å². The Morgan fingerprint density at radius 3 is 2.72 bits per heavy atom. The van der Waals surface area contributed by atoms with Gasteiger partial charge in [0.25, 0.3) is 0 Å². The van der Waals surface area contributed by atoms with E-state index in [4.69, 9.17) is 0 Å². The Bertz CT molecular complexity index is 432. The second-order valence-corrected chi connectivity index (χ2v) is 6.32. The highest BCUT2D eigenvalue weighted by molar-refractivity contribution is 7.92. The predicted octanol–water partition coefficient (Wildman–Crippen LogP) is 1.60. The van der Waals surface area contributed by atoms with Crippen LogP contribution in [-0.4, -0.2) is 31.7 Å². The number of unbranched alkanes of at least 4 members (excludes halogenated alkanes) is 1. The molecule has 0 aliphatic heterocycles. The number of rotatable bonds is 8. The molecular formula is C12H21N3O2S. The van der Waals surface area contributed by atoms with Crippen molar-refractivity contribution in [2.75, 3.05) is 17.0 Å². The Labute approximate surface area is 109 Å². The van der Waals surface area contributed by atoms with Gasteiger partial charge in [0.15, 0.2) is 0 Å². The van der Waals surface area contributed by atoms with E-state index in [0.29, 0.717) is 18.2 Å². The Morgan fingerprint density at radius 1 is 1.33 bits per heavy atom. The van der Waals surface area contributed by atoms with Crippen LogP contribution < -0.4 is 10.0 Å². The number of sulfonamides is 1. The lowest BCUT2D eigenvalue weighted by molar-refractivity contribution is 0.561. The van der Waals surface area contributed by atoms with E-state index < -0.39 is 10.0 Å². The van der Waals surface area contributed by atoms with E-state index in [-0.39, 0.29) is 5.75 Å². The van der Waals surface area contributed by atoms with Crippen LogP contribution in [0.4, 0.5) is 5.69 Å². The van der Waals surface area contributed by atoms with Crippen LogP contribution in [0, 0.1) is 0 Å². The molecule has 18 heavy (non-hydrogen) atoms. The first kappa shape index (κ1) is 14.9. The Hall–Kier alpha value is -1.14. The summed E-state index contributed by atoms with van der Waals surface area (Å²) in [5.74, 6) is 0.141. The maximum absolute atomic E-state index is 11.7. The van der Waals surface area contributed by atoms with E-state index in [9.17, 15) is 8.42 Å². The molecular weight excluding hydrogens is 250 g/mol. The molecule has 0 aliphatic carbocycles. The fraction of sp³-hybridized carbons (Fsp3) is 0.583. The number of nitrogens with one attached hydrogen (secondary N) is 2. The topological polar surface area (TPSA) is 71.1 Å². The molecule has 0 aromatic carbocycles. The van der Waals surface area contributed by atoms with Crippen molar-refractivity contribution in [1.29, 1.82) is 0 Å². The summed E-state index contributed by atoms with van der Waals surface area (Å²) < 4.78 is 26.0. The summed E-state index contributed by atoms with van der Waals surface area (Å²) in [4.78, 5) is 3.86. The number of hydrogen-bond donors (Lipinski definition) is 2. The van der Waals surface area contributed by atoms with Crippen LogP contribution >= 0.6 is 0 Å². The highest BCUT2D eigenvalue weighted by Gasteiger charge is 2.09. The van der Waals surface area contributed by atoms with Crippen molar-refractivity contribution in [2.45, 2.75) is 32.7 Å². The molecule has 0 spiro atoms. The van der Waals surface area contributed by atoms with Crippen molar-refractivity contribution < 1.29 is 8.42 Å². The zero-order chi connectivity index (χ0) is 13.4. The van der Waals surface area contributed by atoms with Gasteiger partial charge in [-0.25, -0.2) is 8.42 Å². The molecule has 0 bridgehead atoms. The summed E-state index contributed by atoms with van der Waals surface area (Å²) in [5, 5.41) is 3.26. The van der Waals surface area contributed by atoms with Gasteiger partial charge in [-0.3, -0.25) is 9.71 Å². The molecule has 2 N–H and O–H groups in total. The highest BCUT2D eigenvalue weighted by Crippen LogP contribution is 2.07. The van der Waals surface area contributed by atoms with Gasteiger partial charge in [0.2, 0.25) is 10.0 Å². The van der Waals surface area contributed by atoms with Gasteiger partial charge in [-0.15, -0.1) is 0 Å². The van der Waals surface area contributed by atoms with Crippen molar-refractivity contribution in [3.05, 3.63) is 24.5 Å². The number of anilines is 1. The van der Waals surface area contributed by atoms with Crippen LogP contribution in [0.15, 0.2) is 24.5 Å². The fourth-order valence-corrected chi connectivity index (χ4v) is 2.63. The first-order valence-electron chi connectivity index (χ1n) is 6.13. The molecule has 0 aliphatic rings. The standard InChI is InChI=1S/C12H21N3O2S/c1-11(2)14-8-3-4-9-18(16,17)15-12-6-5-7-13-10-12/h5-7,10-11,14-15H,3-4,8-9H2,1-2H3. The molecule has 1 rings (SSSR count). The average Bonchev–Trinajstić information content (AvgIpc) is 2.28. The van der Waals surface area contributed by atoms with Crippen molar-refractivity contribution >= 4 is 15.7 Å². The quantitative estimate of drug-likeness (QED) is 0.705. The lowest BCUT2D eigenvalue weighted by Gasteiger charge is -2.09. The maximum Gasteiger partial charge on any atom is 0.232 e. The summed E-state index contributed by atoms with van der Waals surface area (Å²) in [6.07, 6.45) is 4.61. The molecule has 0 amide bonds. The molecule has 0 saturated heterocycles. The number of nitrogens with zero attached hydrogens (tertiary/aromatic N) is 1. The lowest BCUT2D eigenvalue weighted by atomic mass is 10.3. The third-order valence-electron chi connectivity index (χ3n) is 2.33. The molecule has 0 atom stereocenters. The lowest BCUT2D eigenvalue weighted by Crippen LogP contribution is -2.24. The summed E-state index contributed by atoms with van der Waals surface area (Å²) in [5.41, 5.74) is 0.512. The van der Waals surface area contributed by atoms with E-state index in [0.717, 1.165) is 13.0 Å². The molecule has 5 nitrogen and oxygen atoms in total. The van der Waals surface area contributed by atoms with Gasteiger partial charge in [0.05, 0.1) is 17.6 Å². The molecule has 0 radical (unpaired) electrons. The summed E-state index contributed by atoms with van der Waals surface area (Å²) >= 11 is 0. The van der Waals surface area contributed by atoms with Crippen molar-refractivity contribution in [3.8, 4) is 0 Å². The zero-order valence-electron chi connectivity index (χ0n) is 10.9. The van der Waals surface area contributed by atoms with E-state index in [1.165, 1.54) is 6.20 Å². The van der Waals surface area contributed by atoms with Crippen molar-refractivity contribution in [3.63, 3.8) is 0 Å². The maximum atomic E-state index is 11.7. The molecule has 1 aromatic heterocycles. The minimum atomic E-state index is -3.25. The number of hydrogen-bond acceptors (Lipinski definition) is 4. The average molecular weight is 271 g/mol. The molecule has 1 heterocycles. The van der Waals surface area contributed by atoms with Gasteiger partial charge in [-0.2, -0.15) is 0 Å². The van der Waals surface area contributed by atoms with Crippen LogP contribution in [0.2, 0.25) is 0 Å². The predicted molar refractivity (Wildman–Crippen MR) is 74.0 cm³/mol. The third-order valence-corrected chi connectivity index (χ3v) is 3.70. The minimum absolute atomic E-state index is 0.141. The largest absolute Gasteiger partial charge is 0.315 e. The third kappa shape index (κ3) is 6.56. The molecule has 102 valence electrons. The minimum Gasteiger partial charge on any atom is -0.315 e. The van der Waals surface area contributed by atoms with Gasteiger partial charge in [0.1, 0.15) is 0 Å². The van der Waals surface area contributed by atoms with Crippen LogP contribution in [0.1, 0.15) is 26.7 Å². The molecule has 6 heteroatoms. The van der Waals surface area contributed by atoms with Crippen LogP contribution in [0.25, 0.3) is 0 Å². The van der Waals surface area contributed by atoms with Crippen LogP contribution in [0.3, 0.4) is 0 Å². The Kier molecular flexibility index (Phi) is 6.07. The summed E-state index contributed by atoms with van der Waals surface area (Å²) in [6, 6.07) is 3.82. The number of aromatic nitrogens is 1. The summed E-state index contributed by atoms with van der Waals surface area (Å²) in [7, 11) is -3.25. The van der Waals surface area contributed by atoms with Crippen LogP contribution in [0.5, 0.6) is 0 Å². The second kappa shape index (κ2) is 7.33. The molecule has 0 saturated carbocycles. The van der Waals surface area contributed by atoms with Gasteiger partial charge in [-0.1, -0.05) is 13.8 Å². The number of pyridine rings is 1. The van der Waals surface area contributed by atoms with Gasteiger partial charge < -0.3 is 5.32 Å². The Balaban J connectivity index is 2.28. The van der Waals surface area contributed by atoms with Gasteiger partial charge >= 0.3 is 0 Å². The molecule has 0 unspecified atom stereocenters. The Morgan fingerprint density at radius 2 is 2.11 bits per heavy atom. The highest BCUT2D eigenvalue weighted by atomic mass is 32.2. The normalized spacial score (nSPS) is 11.7. The smallest absolute Gasteiger partial charge is 0.232 e. The first-order chi connectivity index (χ1) is 8.49. The van der Waals surface area contributed by atoms with E-state index in [1.54, 1.807) is 18.3 Å².